The molecule has 0 aromatic heterocycles. The van der Waals surface area contributed by atoms with E-state index in [4.69, 9.17) is 14.2 Å². The van der Waals surface area contributed by atoms with Crippen molar-refractivity contribution in [3.05, 3.63) is 59.7 Å². The number of esters is 1. The topological polar surface area (TPSA) is 61.8 Å². The van der Waals surface area contributed by atoms with Gasteiger partial charge in [0.15, 0.2) is 23.9 Å². The van der Waals surface area contributed by atoms with E-state index in [-0.39, 0.29) is 12.4 Å². The van der Waals surface area contributed by atoms with Crippen LogP contribution in [0.25, 0.3) is 0 Å². The van der Waals surface area contributed by atoms with Crippen LogP contribution in [0.2, 0.25) is 0 Å². The number of rotatable bonds is 7. The second kappa shape index (κ2) is 8.52. The third kappa shape index (κ3) is 5.34. The number of ether oxygens (including phenoxy) is 3. The van der Waals surface area contributed by atoms with E-state index < -0.39 is 11.4 Å². The lowest BCUT2D eigenvalue weighted by Crippen LogP contribution is -2.26. The van der Waals surface area contributed by atoms with Gasteiger partial charge in [-0.2, -0.15) is 0 Å². The van der Waals surface area contributed by atoms with Gasteiger partial charge in [-0.05, 0) is 29.8 Å². The molecule has 0 saturated heterocycles. The number of methoxy groups -OCH3 is 1. The number of benzene rings is 2. The van der Waals surface area contributed by atoms with Crippen molar-refractivity contribution in [3.8, 4) is 11.5 Å². The van der Waals surface area contributed by atoms with Crippen LogP contribution in [0, 0.1) is 5.41 Å². The highest BCUT2D eigenvalue weighted by molar-refractivity contribution is 5.92. The van der Waals surface area contributed by atoms with Gasteiger partial charge in [0.2, 0.25) is 0 Å². The van der Waals surface area contributed by atoms with E-state index in [1.807, 2.05) is 24.3 Å². The average Bonchev–Trinajstić information content (AvgIpc) is 2.64. The normalized spacial score (nSPS) is 10.9. The van der Waals surface area contributed by atoms with Gasteiger partial charge in [-0.15, -0.1) is 0 Å². The van der Waals surface area contributed by atoms with Crippen LogP contribution in [-0.2, 0) is 16.1 Å². The largest absolute Gasteiger partial charge is 0.493 e. The van der Waals surface area contributed by atoms with Crippen LogP contribution in [0.3, 0.4) is 0 Å². The summed E-state index contributed by atoms with van der Waals surface area (Å²) in [6.07, 6.45) is 0. The minimum atomic E-state index is -0.528. The molecule has 5 heteroatoms. The van der Waals surface area contributed by atoms with Crippen molar-refractivity contribution in [1.29, 1.82) is 0 Å². The molecule has 138 valence electrons. The minimum absolute atomic E-state index is 0.118. The van der Waals surface area contributed by atoms with E-state index in [9.17, 15) is 9.59 Å². The quantitative estimate of drug-likeness (QED) is 0.701. The zero-order chi connectivity index (χ0) is 19.2. The molecule has 0 amide bonds. The molecule has 0 spiro atoms. The monoisotopic (exact) mass is 356 g/mol. The van der Waals surface area contributed by atoms with E-state index in [1.54, 1.807) is 52.1 Å². The molecular formula is C21H24O5. The minimum Gasteiger partial charge on any atom is -0.493 e. The number of hydrogen-bond acceptors (Lipinski definition) is 5. The SMILES string of the molecule is COc1ccccc1OCc1ccc(C(=O)OCC(=O)C(C)(C)C)cc1. The Hall–Kier alpha value is -2.82. The van der Waals surface area contributed by atoms with Gasteiger partial charge in [0.25, 0.3) is 0 Å². The van der Waals surface area contributed by atoms with E-state index >= 15 is 0 Å². The van der Waals surface area contributed by atoms with Gasteiger partial charge >= 0.3 is 5.97 Å². The predicted octanol–water partition coefficient (Wildman–Crippen LogP) is 4.05. The average molecular weight is 356 g/mol. The predicted molar refractivity (Wildman–Crippen MR) is 98.5 cm³/mol. The third-order valence-electron chi connectivity index (χ3n) is 3.82. The summed E-state index contributed by atoms with van der Waals surface area (Å²) in [7, 11) is 1.59. The molecule has 2 aromatic carbocycles. The lowest BCUT2D eigenvalue weighted by molar-refractivity contribution is -0.129. The van der Waals surface area contributed by atoms with Crippen molar-refractivity contribution < 1.29 is 23.8 Å². The molecule has 0 saturated carbocycles. The second-order valence-corrected chi connectivity index (χ2v) is 6.89. The highest BCUT2D eigenvalue weighted by Crippen LogP contribution is 2.26. The molecule has 5 nitrogen and oxygen atoms in total. The summed E-state index contributed by atoms with van der Waals surface area (Å²) >= 11 is 0. The number of carbonyl (C=O) groups excluding carboxylic acids is 2. The van der Waals surface area contributed by atoms with Gasteiger partial charge in [0.1, 0.15) is 6.61 Å². The molecule has 0 atom stereocenters. The zero-order valence-corrected chi connectivity index (χ0v) is 15.6. The molecule has 0 bridgehead atoms. The van der Waals surface area contributed by atoms with Crippen LogP contribution in [0.15, 0.2) is 48.5 Å². The van der Waals surface area contributed by atoms with Crippen molar-refractivity contribution >= 4 is 11.8 Å². The Balaban J connectivity index is 1.91. The van der Waals surface area contributed by atoms with Crippen LogP contribution >= 0.6 is 0 Å². The van der Waals surface area contributed by atoms with Crippen LogP contribution in [0.1, 0.15) is 36.7 Å². The molecule has 0 N–H and O–H groups in total. The highest BCUT2D eigenvalue weighted by atomic mass is 16.5. The second-order valence-electron chi connectivity index (χ2n) is 6.89. The van der Waals surface area contributed by atoms with Crippen molar-refractivity contribution in [3.63, 3.8) is 0 Å². The van der Waals surface area contributed by atoms with Gasteiger partial charge in [-0.1, -0.05) is 45.0 Å². The first-order chi connectivity index (χ1) is 12.3. The van der Waals surface area contributed by atoms with Crippen LogP contribution in [0.5, 0.6) is 11.5 Å². The molecule has 0 fully saturated rings. The van der Waals surface area contributed by atoms with E-state index in [0.29, 0.717) is 23.7 Å². The fourth-order valence-electron chi connectivity index (χ4n) is 2.07. The maximum absolute atomic E-state index is 12.0. The molecule has 2 rings (SSSR count). The van der Waals surface area contributed by atoms with Gasteiger partial charge < -0.3 is 14.2 Å². The molecular weight excluding hydrogens is 332 g/mol. The Morgan fingerprint density at radius 2 is 1.54 bits per heavy atom. The maximum atomic E-state index is 12.0. The number of ketones is 1. The summed E-state index contributed by atoms with van der Waals surface area (Å²) in [5.41, 5.74) is 0.769. The Bertz CT molecular complexity index is 757. The van der Waals surface area contributed by atoms with Crippen molar-refractivity contribution in [2.45, 2.75) is 27.4 Å². The lowest BCUT2D eigenvalue weighted by Gasteiger charge is -2.16. The molecule has 0 aliphatic carbocycles. The van der Waals surface area contributed by atoms with Crippen molar-refractivity contribution in [2.24, 2.45) is 5.41 Å². The van der Waals surface area contributed by atoms with E-state index in [2.05, 4.69) is 0 Å². The zero-order valence-electron chi connectivity index (χ0n) is 15.6. The standard InChI is InChI=1S/C21H24O5/c1-21(2,3)19(22)14-26-20(23)16-11-9-15(10-12-16)13-25-18-8-6-5-7-17(18)24-4/h5-12H,13-14H2,1-4H3. The highest BCUT2D eigenvalue weighted by Gasteiger charge is 2.22. The van der Waals surface area contributed by atoms with Crippen LogP contribution in [-0.4, -0.2) is 25.5 Å². The molecule has 0 heterocycles. The molecule has 0 radical (unpaired) electrons. The number of Topliss-reactive ketones (excluding diaryl/α,β-unsaturated/α-hetero) is 1. The van der Waals surface area contributed by atoms with E-state index in [0.717, 1.165) is 5.56 Å². The van der Waals surface area contributed by atoms with Gasteiger partial charge in [0.05, 0.1) is 12.7 Å². The summed E-state index contributed by atoms with van der Waals surface area (Å²) in [6.45, 7) is 5.50. The molecule has 26 heavy (non-hydrogen) atoms. The molecule has 0 aliphatic rings. The lowest BCUT2D eigenvalue weighted by atomic mass is 9.91. The fraction of sp³-hybridized carbons (Fsp3) is 0.333. The van der Waals surface area contributed by atoms with E-state index in [1.165, 1.54) is 0 Å². The smallest absolute Gasteiger partial charge is 0.338 e. The Morgan fingerprint density at radius 3 is 2.12 bits per heavy atom. The molecule has 2 aromatic rings. The summed E-state index contributed by atoms with van der Waals surface area (Å²) in [4.78, 5) is 23.9. The first kappa shape index (κ1) is 19.5. The number of para-hydroxylation sites is 2. The first-order valence-electron chi connectivity index (χ1n) is 8.36. The summed E-state index contributed by atoms with van der Waals surface area (Å²) in [5.74, 6) is 0.683. The van der Waals surface area contributed by atoms with Crippen molar-refractivity contribution in [2.75, 3.05) is 13.7 Å². The number of carbonyl (C=O) groups is 2. The summed E-state index contributed by atoms with van der Waals surface area (Å²) in [6, 6.07) is 14.3. The summed E-state index contributed by atoms with van der Waals surface area (Å²) < 4.78 is 16.1. The third-order valence-corrected chi connectivity index (χ3v) is 3.82. The van der Waals surface area contributed by atoms with Gasteiger partial charge in [-0.3, -0.25) is 4.79 Å². The first-order valence-corrected chi connectivity index (χ1v) is 8.36. The maximum Gasteiger partial charge on any atom is 0.338 e. The van der Waals surface area contributed by atoms with Gasteiger partial charge in [-0.25, -0.2) is 4.79 Å². The van der Waals surface area contributed by atoms with Gasteiger partial charge in [0, 0.05) is 5.41 Å². The fourth-order valence-corrected chi connectivity index (χ4v) is 2.07. The Labute approximate surface area is 153 Å². The molecule has 0 aliphatic heterocycles. The number of hydrogen-bond donors (Lipinski definition) is 0. The Kier molecular flexibility index (Phi) is 6.39. The Morgan fingerprint density at radius 1 is 0.923 bits per heavy atom. The van der Waals surface area contributed by atoms with Crippen LogP contribution in [0.4, 0.5) is 0 Å². The molecule has 0 unspecified atom stereocenters. The van der Waals surface area contributed by atoms with Crippen LogP contribution < -0.4 is 9.47 Å². The summed E-state index contributed by atoms with van der Waals surface area (Å²) in [5, 5.41) is 0. The van der Waals surface area contributed by atoms with Crippen molar-refractivity contribution in [1.82, 2.24) is 0 Å².